The number of nitrogens with zero attached hydrogens (tertiary/aromatic N) is 2. The Bertz CT molecular complexity index is 1140. The van der Waals surface area contributed by atoms with Gasteiger partial charge in [-0.1, -0.05) is 24.3 Å². The van der Waals surface area contributed by atoms with E-state index < -0.39 is 0 Å². The Balaban J connectivity index is 1.55. The van der Waals surface area contributed by atoms with Crippen LogP contribution >= 0.6 is 0 Å². The van der Waals surface area contributed by atoms with Gasteiger partial charge in [0.25, 0.3) is 23.6 Å². The van der Waals surface area contributed by atoms with E-state index in [4.69, 9.17) is 0 Å². The van der Waals surface area contributed by atoms with Crippen LogP contribution in [0.1, 0.15) is 36.1 Å². The smallest absolute Gasteiger partial charge is 0.261 e. The van der Waals surface area contributed by atoms with Crippen molar-refractivity contribution in [2.75, 3.05) is 9.80 Å². The highest BCUT2D eigenvalue weighted by atomic mass is 16.2. The summed E-state index contributed by atoms with van der Waals surface area (Å²) >= 11 is 0. The van der Waals surface area contributed by atoms with Crippen LogP contribution in [0.2, 0.25) is 0 Å². The van der Waals surface area contributed by atoms with Gasteiger partial charge in [0, 0.05) is 23.3 Å². The lowest BCUT2D eigenvalue weighted by molar-refractivity contribution is -0.121. The zero-order valence-corrected chi connectivity index (χ0v) is 17.9. The Hall–Kier alpha value is -3.80. The largest absolute Gasteiger partial charge is 0.269 e. The molecule has 0 atom stereocenters. The number of carbonyl (C=O) groups excluding carboxylic acids is 4. The number of hydrogen-bond acceptors (Lipinski definition) is 4. The number of benzene rings is 2. The molecule has 0 N–H and O–H groups in total. The van der Waals surface area contributed by atoms with Crippen molar-refractivity contribution in [3.8, 4) is 0 Å². The first-order chi connectivity index (χ1) is 14.7. The summed E-state index contributed by atoms with van der Waals surface area (Å²) < 4.78 is 0. The minimum atomic E-state index is -0.319. The van der Waals surface area contributed by atoms with Crippen LogP contribution in [0.3, 0.4) is 0 Å². The molecule has 6 heteroatoms. The Morgan fingerprint density at radius 1 is 0.613 bits per heavy atom. The van der Waals surface area contributed by atoms with Crippen molar-refractivity contribution in [2.45, 2.75) is 34.1 Å². The maximum Gasteiger partial charge on any atom is 0.261 e. The van der Waals surface area contributed by atoms with Gasteiger partial charge in [0.15, 0.2) is 0 Å². The molecule has 2 aliphatic rings. The Labute approximate surface area is 180 Å². The van der Waals surface area contributed by atoms with E-state index in [-0.39, 0.29) is 23.6 Å². The maximum absolute atomic E-state index is 12.3. The van der Waals surface area contributed by atoms with Crippen LogP contribution in [0.15, 0.2) is 59.7 Å². The summed E-state index contributed by atoms with van der Waals surface area (Å²) in [6.07, 6.45) is 3.35. The van der Waals surface area contributed by atoms with Crippen LogP contribution < -0.4 is 9.80 Å². The number of hydrogen-bond donors (Lipinski definition) is 0. The number of anilines is 2. The molecule has 4 rings (SSSR count). The number of aryl methyl sites for hydroxylation is 2. The molecule has 0 fully saturated rings. The van der Waals surface area contributed by atoms with Gasteiger partial charge in [-0.05, 0) is 68.5 Å². The highest BCUT2D eigenvalue weighted by Gasteiger charge is 2.31. The van der Waals surface area contributed by atoms with Crippen LogP contribution in [0.5, 0.6) is 0 Å². The van der Waals surface area contributed by atoms with E-state index in [9.17, 15) is 19.2 Å². The first-order valence-electron chi connectivity index (χ1n) is 10.00. The molecule has 0 unspecified atom stereocenters. The third kappa shape index (κ3) is 3.50. The first kappa shape index (κ1) is 20.5. The molecular weight excluding hydrogens is 392 g/mol. The van der Waals surface area contributed by atoms with Gasteiger partial charge in [0.1, 0.15) is 0 Å². The van der Waals surface area contributed by atoms with Gasteiger partial charge < -0.3 is 0 Å². The van der Waals surface area contributed by atoms with Crippen molar-refractivity contribution in [2.24, 2.45) is 0 Å². The van der Waals surface area contributed by atoms with Gasteiger partial charge in [-0.2, -0.15) is 0 Å². The molecule has 0 aliphatic carbocycles. The first-order valence-corrected chi connectivity index (χ1v) is 10.00. The standard InChI is InChI=1S/C25H22N2O4/c1-14-9-18(5-7-20(14)26-22(28)11-16(3)24(26)30)13-19-6-8-21(15(2)10-19)27-23(29)12-17(4)25(27)31/h5-12H,13H2,1-4H3. The number of amides is 4. The fourth-order valence-corrected chi connectivity index (χ4v) is 4.02. The average Bonchev–Trinajstić information content (AvgIpc) is 3.10. The Morgan fingerprint density at radius 2 is 1.00 bits per heavy atom. The SMILES string of the molecule is CC1=CC(=O)N(c2ccc(Cc3ccc(N4C(=O)C=C(C)C4=O)c(C)c3)cc2C)C1=O. The van der Waals surface area contributed by atoms with E-state index in [0.717, 1.165) is 22.3 Å². The van der Waals surface area contributed by atoms with E-state index in [2.05, 4.69) is 0 Å². The van der Waals surface area contributed by atoms with Gasteiger partial charge in [-0.25, -0.2) is 9.80 Å². The van der Waals surface area contributed by atoms with Crippen molar-refractivity contribution in [3.63, 3.8) is 0 Å². The molecule has 0 radical (unpaired) electrons. The molecule has 156 valence electrons. The third-order valence-corrected chi connectivity index (χ3v) is 5.61. The van der Waals surface area contributed by atoms with Crippen molar-refractivity contribution >= 4 is 35.0 Å². The van der Waals surface area contributed by atoms with E-state index in [1.165, 1.54) is 22.0 Å². The van der Waals surface area contributed by atoms with Crippen LogP contribution in [0.4, 0.5) is 11.4 Å². The molecule has 0 saturated heterocycles. The monoisotopic (exact) mass is 414 g/mol. The lowest BCUT2D eigenvalue weighted by Gasteiger charge is -2.19. The average molecular weight is 414 g/mol. The van der Waals surface area contributed by atoms with Crippen LogP contribution in [0, 0.1) is 13.8 Å². The second kappa shape index (κ2) is 7.47. The second-order valence-corrected chi connectivity index (χ2v) is 8.03. The molecule has 2 heterocycles. The topological polar surface area (TPSA) is 74.8 Å². The van der Waals surface area contributed by atoms with Gasteiger partial charge in [-0.3, -0.25) is 19.2 Å². The minimum Gasteiger partial charge on any atom is -0.269 e. The fraction of sp³-hybridized carbons (Fsp3) is 0.200. The van der Waals surface area contributed by atoms with E-state index in [1.54, 1.807) is 26.0 Å². The van der Waals surface area contributed by atoms with Gasteiger partial charge >= 0.3 is 0 Å². The maximum atomic E-state index is 12.3. The van der Waals surface area contributed by atoms with Gasteiger partial charge in [-0.15, -0.1) is 0 Å². The lowest BCUT2D eigenvalue weighted by Crippen LogP contribution is -2.31. The molecular formula is C25H22N2O4. The molecule has 2 aromatic rings. The molecule has 2 aliphatic heterocycles. The van der Waals surface area contributed by atoms with Crippen LogP contribution in [0.25, 0.3) is 0 Å². The fourth-order valence-electron chi connectivity index (χ4n) is 4.02. The molecule has 0 bridgehead atoms. The van der Waals surface area contributed by atoms with E-state index in [1.807, 2.05) is 38.1 Å². The highest BCUT2D eigenvalue weighted by molar-refractivity contribution is 6.31. The minimum absolute atomic E-state index is 0.289. The molecule has 0 aromatic heterocycles. The second-order valence-electron chi connectivity index (χ2n) is 8.03. The molecule has 0 saturated carbocycles. The third-order valence-electron chi connectivity index (χ3n) is 5.61. The van der Waals surface area contributed by atoms with E-state index in [0.29, 0.717) is 28.9 Å². The predicted molar refractivity (Wildman–Crippen MR) is 118 cm³/mol. The van der Waals surface area contributed by atoms with Crippen LogP contribution in [-0.2, 0) is 25.6 Å². The van der Waals surface area contributed by atoms with Crippen LogP contribution in [-0.4, -0.2) is 23.6 Å². The molecule has 31 heavy (non-hydrogen) atoms. The summed E-state index contributed by atoms with van der Waals surface area (Å²) in [6, 6.07) is 11.3. The molecule has 2 aromatic carbocycles. The molecule has 6 nitrogen and oxygen atoms in total. The number of rotatable bonds is 4. The normalized spacial score (nSPS) is 16.4. The van der Waals surface area contributed by atoms with Gasteiger partial charge in [0.2, 0.25) is 0 Å². The zero-order chi connectivity index (χ0) is 22.4. The Kier molecular flexibility index (Phi) is 4.93. The summed E-state index contributed by atoms with van der Waals surface area (Å²) in [7, 11) is 0. The van der Waals surface area contributed by atoms with Crippen molar-refractivity contribution in [1.82, 2.24) is 0 Å². The summed E-state index contributed by atoms with van der Waals surface area (Å²) in [5.74, 6) is -1.22. The predicted octanol–water partition coefficient (Wildman–Crippen LogP) is 3.53. The summed E-state index contributed by atoms with van der Waals surface area (Å²) in [5, 5.41) is 0. The molecule has 4 amide bonds. The summed E-state index contributed by atoms with van der Waals surface area (Å²) in [5.41, 5.74) is 5.79. The van der Waals surface area contributed by atoms with Gasteiger partial charge in [0.05, 0.1) is 11.4 Å². The highest BCUT2D eigenvalue weighted by Crippen LogP contribution is 2.29. The van der Waals surface area contributed by atoms with E-state index >= 15 is 0 Å². The lowest BCUT2D eigenvalue weighted by atomic mass is 9.99. The van der Waals surface area contributed by atoms with Crippen molar-refractivity contribution < 1.29 is 19.2 Å². The van der Waals surface area contributed by atoms with Crippen molar-refractivity contribution in [1.29, 1.82) is 0 Å². The summed E-state index contributed by atoms with van der Waals surface area (Å²) in [4.78, 5) is 51.2. The summed E-state index contributed by atoms with van der Waals surface area (Å²) in [6.45, 7) is 7.02. The Morgan fingerprint density at radius 3 is 1.29 bits per heavy atom. The quantitative estimate of drug-likeness (QED) is 0.718. The molecule has 0 spiro atoms. The zero-order valence-electron chi connectivity index (χ0n) is 17.9. The number of imide groups is 2. The number of carbonyl (C=O) groups is 4. The van der Waals surface area contributed by atoms with Crippen molar-refractivity contribution in [3.05, 3.63) is 82.0 Å².